The van der Waals surface area contributed by atoms with Crippen molar-refractivity contribution in [1.29, 1.82) is 0 Å². The zero-order chi connectivity index (χ0) is 12.4. The van der Waals surface area contributed by atoms with Gasteiger partial charge in [0.05, 0.1) is 10.7 Å². The Morgan fingerprint density at radius 3 is 2.82 bits per heavy atom. The second-order valence-corrected chi connectivity index (χ2v) is 5.32. The van der Waals surface area contributed by atoms with Crippen LogP contribution in [0.15, 0.2) is 18.2 Å². The van der Waals surface area contributed by atoms with Crippen molar-refractivity contribution in [3.05, 3.63) is 28.8 Å². The van der Waals surface area contributed by atoms with Crippen molar-refractivity contribution in [3.63, 3.8) is 0 Å². The number of piperidine rings is 1. The van der Waals surface area contributed by atoms with Crippen LogP contribution in [0, 0.1) is 5.92 Å². The average molecular weight is 252 g/mol. The summed E-state index contributed by atoms with van der Waals surface area (Å²) < 4.78 is 0. The quantitative estimate of drug-likeness (QED) is 0.746. The molecule has 92 valence electrons. The number of hydrogen-bond acceptors (Lipinski definition) is 2. The molecule has 1 aliphatic rings. The minimum atomic E-state index is 0.0606. The molecule has 1 aromatic carbocycles. The van der Waals surface area contributed by atoms with E-state index in [2.05, 4.69) is 11.8 Å². The van der Waals surface area contributed by atoms with Gasteiger partial charge in [0.1, 0.15) is 0 Å². The van der Waals surface area contributed by atoms with E-state index in [-0.39, 0.29) is 5.78 Å². The Morgan fingerprint density at radius 2 is 2.24 bits per heavy atom. The fourth-order valence-corrected chi connectivity index (χ4v) is 2.69. The van der Waals surface area contributed by atoms with Gasteiger partial charge in [-0.2, -0.15) is 0 Å². The summed E-state index contributed by atoms with van der Waals surface area (Å²) in [5.41, 5.74) is 1.74. The first-order chi connectivity index (χ1) is 8.08. The van der Waals surface area contributed by atoms with Gasteiger partial charge in [-0.25, -0.2) is 0 Å². The molecule has 0 unspecified atom stereocenters. The maximum absolute atomic E-state index is 11.3. The minimum Gasteiger partial charge on any atom is -0.370 e. The third-order valence-electron chi connectivity index (χ3n) is 3.35. The van der Waals surface area contributed by atoms with Crippen molar-refractivity contribution < 1.29 is 4.79 Å². The largest absolute Gasteiger partial charge is 0.370 e. The van der Waals surface area contributed by atoms with Gasteiger partial charge in [0.25, 0.3) is 0 Å². The van der Waals surface area contributed by atoms with Gasteiger partial charge in [-0.3, -0.25) is 4.79 Å². The number of carbonyl (C=O) groups is 1. The molecular formula is C14H18ClNO. The van der Waals surface area contributed by atoms with Crippen LogP contribution in [0.2, 0.25) is 5.02 Å². The van der Waals surface area contributed by atoms with Crippen molar-refractivity contribution in [3.8, 4) is 0 Å². The highest BCUT2D eigenvalue weighted by Crippen LogP contribution is 2.30. The lowest BCUT2D eigenvalue weighted by atomic mass is 9.99. The Balaban J connectivity index is 2.23. The van der Waals surface area contributed by atoms with E-state index in [4.69, 9.17) is 11.6 Å². The van der Waals surface area contributed by atoms with Gasteiger partial charge in [-0.1, -0.05) is 18.5 Å². The molecule has 0 bridgehead atoms. The summed E-state index contributed by atoms with van der Waals surface area (Å²) in [7, 11) is 0. The number of nitrogens with zero attached hydrogens (tertiary/aromatic N) is 1. The molecule has 1 saturated heterocycles. The number of rotatable bonds is 2. The smallest absolute Gasteiger partial charge is 0.159 e. The first-order valence-corrected chi connectivity index (χ1v) is 6.51. The van der Waals surface area contributed by atoms with Crippen molar-refractivity contribution >= 4 is 23.1 Å². The number of benzene rings is 1. The number of Topliss-reactive ketones (excluding diaryl/α,β-unsaturated/α-hetero) is 1. The maximum Gasteiger partial charge on any atom is 0.159 e. The molecule has 2 rings (SSSR count). The van der Waals surface area contributed by atoms with E-state index in [9.17, 15) is 4.79 Å². The highest BCUT2D eigenvalue weighted by atomic mass is 35.5. The Bertz CT molecular complexity index is 430. The highest BCUT2D eigenvalue weighted by Gasteiger charge is 2.18. The fraction of sp³-hybridized carbons (Fsp3) is 0.500. The van der Waals surface area contributed by atoms with Crippen LogP contribution >= 0.6 is 11.6 Å². The van der Waals surface area contributed by atoms with Gasteiger partial charge in [0.2, 0.25) is 0 Å². The molecule has 2 nitrogen and oxygen atoms in total. The van der Waals surface area contributed by atoms with Crippen LogP contribution < -0.4 is 4.90 Å². The van der Waals surface area contributed by atoms with Crippen LogP contribution in [-0.4, -0.2) is 18.9 Å². The minimum absolute atomic E-state index is 0.0606. The van der Waals surface area contributed by atoms with E-state index >= 15 is 0 Å². The first-order valence-electron chi connectivity index (χ1n) is 6.13. The van der Waals surface area contributed by atoms with Gasteiger partial charge in [-0.05, 0) is 43.9 Å². The van der Waals surface area contributed by atoms with E-state index in [0.717, 1.165) is 18.8 Å². The lowest BCUT2D eigenvalue weighted by Crippen LogP contribution is -2.34. The molecule has 0 radical (unpaired) electrons. The molecule has 0 amide bonds. The van der Waals surface area contributed by atoms with Gasteiger partial charge < -0.3 is 4.90 Å². The zero-order valence-electron chi connectivity index (χ0n) is 10.4. The Morgan fingerprint density at radius 1 is 1.47 bits per heavy atom. The molecule has 0 N–H and O–H groups in total. The van der Waals surface area contributed by atoms with Crippen LogP contribution in [0.4, 0.5) is 5.69 Å². The molecule has 0 spiro atoms. The van der Waals surface area contributed by atoms with Gasteiger partial charge >= 0.3 is 0 Å². The SMILES string of the molecule is CC(=O)c1ccc(N2CCC[C@H](C)C2)c(Cl)c1. The molecule has 1 atom stereocenters. The lowest BCUT2D eigenvalue weighted by Gasteiger charge is -2.33. The van der Waals surface area contributed by atoms with Crippen molar-refractivity contribution in [2.45, 2.75) is 26.7 Å². The highest BCUT2D eigenvalue weighted by molar-refractivity contribution is 6.33. The third kappa shape index (κ3) is 2.81. The van der Waals surface area contributed by atoms with E-state index in [1.165, 1.54) is 12.8 Å². The summed E-state index contributed by atoms with van der Waals surface area (Å²) in [6, 6.07) is 5.61. The summed E-state index contributed by atoms with van der Waals surface area (Å²) in [6.07, 6.45) is 2.51. The van der Waals surface area contributed by atoms with Crippen LogP contribution in [0.3, 0.4) is 0 Å². The summed E-state index contributed by atoms with van der Waals surface area (Å²) in [4.78, 5) is 13.6. The number of ketones is 1. The topological polar surface area (TPSA) is 20.3 Å². The van der Waals surface area contributed by atoms with Crippen LogP contribution in [-0.2, 0) is 0 Å². The standard InChI is InChI=1S/C14H18ClNO/c1-10-4-3-7-16(9-10)14-6-5-12(11(2)17)8-13(14)15/h5-6,8,10H,3-4,7,9H2,1-2H3/t10-/m0/s1. The molecule has 1 fully saturated rings. The molecular weight excluding hydrogens is 234 g/mol. The van der Waals surface area contributed by atoms with Gasteiger partial charge in [0.15, 0.2) is 5.78 Å². The van der Waals surface area contributed by atoms with Crippen molar-refractivity contribution in [2.24, 2.45) is 5.92 Å². The Hall–Kier alpha value is -1.02. The Kier molecular flexibility index (Phi) is 3.72. The second kappa shape index (κ2) is 5.09. The maximum atomic E-state index is 11.3. The number of halogens is 1. The van der Waals surface area contributed by atoms with Crippen LogP contribution in [0.25, 0.3) is 0 Å². The monoisotopic (exact) mass is 251 g/mol. The zero-order valence-corrected chi connectivity index (χ0v) is 11.1. The summed E-state index contributed by atoms with van der Waals surface area (Å²) in [5.74, 6) is 0.776. The van der Waals surface area contributed by atoms with E-state index in [1.807, 2.05) is 12.1 Å². The molecule has 3 heteroatoms. The molecule has 0 aliphatic carbocycles. The molecule has 17 heavy (non-hydrogen) atoms. The predicted molar refractivity (Wildman–Crippen MR) is 72.1 cm³/mol. The van der Waals surface area contributed by atoms with E-state index in [0.29, 0.717) is 16.5 Å². The molecule has 0 saturated carbocycles. The fourth-order valence-electron chi connectivity index (χ4n) is 2.39. The van der Waals surface area contributed by atoms with E-state index in [1.54, 1.807) is 13.0 Å². The summed E-state index contributed by atoms with van der Waals surface area (Å²) in [5, 5.41) is 0.687. The normalized spacial score (nSPS) is 20.4. The number of anilines is 1. The predicted octanol–water partition coefficient (Wildman–Crippen LogP) is 3.78. The Labute approximate surface area is 108 Å². The first kappa shape index (κ1) is 12.4. The van der Waals surface area contributed by atoms with Gasteiger partial charge in [0, 0.05) is 18.7 Å². The molecule has 0 aromatic heterocycles. The molecule has 1 aromatic rings. The van der Waals surface area contributed by atoms with Crippen molar-refractivity contribution in [2.75, 3.05) is 18.0 Å². The molecule has 1 aliphatic heterocycles. The van der Waals surface area contributed by atoms with Crippen LogP contribution in [0.1, 0.15) is 37.0 Å². The summed E-state index contributed by atoms with van der Waals surface area (Å²) in [6.45, 7) is 5.95. The van der Waals surface area contributed by atoms with Crippen LogP contribution in [0.5, 0.6) is 0 Å². The lowest BCUT2D eigenvalue weighted by molar-refractivity contribution is 0.101. The van der Waals surface area contributed by atoms with Crippen molar-refractivity contribution in [1.82, 2.24) is 0 Å². The average Bonchev–Trinajstić information content (AvgIpc) is 2.28. The molecule has 1 heterocycles. The third-order valence-corrected chi connectivity index (χ3v) is 3.65. The van der Waals surface area contributed by atoms with E-state index < -0.39 is 0 Å². The number of carbonyl (C=O) groups excluding carboxylic acids is 1. The second-order valence-electron chi connectivity index (χ2n) is 4.92. The summed E-state index contributed by atoms with van der Waals surface area (Å²) >= 11 is 6.26. The van der Waals surface area contributed by atoms with Gasteiger partial charge in [-0.15, -0.1) is 0 Å². The number of hydrogen-bond donors (Lipinski definition) is 0.